The van der Waals surface area contributed by atoms with E-state index in [0.29, 0.717) is 24.0 Å². The van der Waals surface area contributed by atoms with Gasteiger partial charge in [0.2, 0.25) is 5.82 Å². The standard InChI is InChI=1S/C28H28N4O3/c1-20-6-8-22(9-7-20)27-30-28(35-31-27)23-10-12-25(13-11-23)34-19-26(33)29-15-17-32-16-14-21-4-2-3-5-24(21)18-32/h2-13H,14-19H2,1H3,(H,29,33). The molecule has 0 saturated carbocycles. The van der Waals surface area contributed by atoms with E-state index in [1.54, 1.807) is 12.1 Å². The molecule has 2 heterocycles. The van der Waals surface area contributed by atoms with Crippen LogP contribution in [0.5, 0.6) is 5.75 Å². The maximum absolute atomic E-state index is 12.2. The lowest BCUT2D eigenvalue weighted by Gasteiger charge is -2.28. The van der Waals surface area contributed by atoms with E-state index in [4.69, 9.17) is 9.26 Å². The second-order valence-corrected chi connectivity index (χ2v) is 8.75. The van der Waals surface area contributed by atoms with Gasteiger partial charge in [0.15, 0.2) is 6.61 Å². The highest BCUT2D eigenvalue weighted by atomic mass is 16.5. The van der Waals surface area contributed by atoms with Crippen molar-refractivity contribution in [2.24, 2.45) is 0 Å². The monoisotopic (exact) mass is 468 g/mol. The van der Waals surface area contributed by atoms with Crippen molar-refractivity contribution < 1.29 is 14.1 Å². The fourth-order valence-corrected chi connectivity index (χ4v) is 4.15. The quantitative estimate of drug-likeness (QED) is 0.416. The minimum atomic E-state index is -0.133. The summed E-state index contributed by atoms with van der Waals surface area (Å²) in [6.45, 7) is 5.38. The molecule has 0 atom stereocenters. The van der Waals surface area contributed by atoms with Crippen molar-refractivity contribution in [3.05, 3.63) is 89.5 Å². The van der Waals surface area contributed by atoms with E-state index >= 15 is 0 Å². The summed E-state index contributed by atoms with van der Waals surface area (Å²) >= 11 is 0. The predicted octanol–water partition coefficient (Wildman–Crippen LogP) is 4.27. The number of fused-ring (bicyclic) bond motifs is 1. The summed E-state index contributed by atoms with van der Waals surface area (Å²) in [5, 5.41) is 7.02. The summed E-state index contributed by atoms with van der Waals surface area (Å²) in [5.41, 5.74) is 5.68. The van der Waals surface area contributed by atoms with Crippen molar-refractivity contribution in [2.45, 2.75) is 19.9 Å². The molecule has 0 fully saturated rings. The third kappa shape index (κ3) is 5.75. The Kier molecular flexibility index (Phi) is 6.86. The summed E-state index contributed by atoms with van der Waals surface area (Å²) in [5.74, 6) is 1.46. The van der Waals surface area contributed by atoms with E-state index in [2.05, 4.69) is 44.6 Å². The molecule has 1 amide bonds. The Morgan fingerprint density at radius 2 is 1.74 bits per heavy atom. The summed E-state index contributed by atoms with van der Waals surface area (Å²) < 4.78 is 11.1. The molecule has 178 valence electrons. The maximum atomic E-state index is 12.2. The molecule has 5 rings (SSSR count). The minimum absolute atomic E-state index is 0.0275. The second-order valence-electron chi connectivity index (χ2n) is 8.75. The highest BCUT2D eigenvalue weighted by molar-refractivity contribution is 5.77. The lowest BCUT2D eigenvalue weighted by atomic mass is 10.00. The van der Waals surface area contributed by atoms with Crippen molar-refractivity contribution >= 4 is 5.91 Å². The molecule has 0 unspecified atom stereocenters. The Hall–Kier alpha value is -3.97. The molecule has 35 heavy (non-hydrogen) atoms. The van der Waals surface area contributed by atoms with E-state index in [0.717, 1.165) is 37.2 Å². The largest absolute Gasteiger partial charge is 0.484 e. The molecule has 0 radical (unpaired) electrons. The zero-order valence-electron chi connectivity index (χ0n) is 19.7. The molecule has 1 N–H and O–H groups in total. The Morgan fingerprint density at radius 3 is 2.54 bits per heavy atom. The van der Waals surface area contributed by atoms with Crippen molar-refractivity contribution in [1.82, 2.24) is 20.4 Å². The number of carbonyl (C=O) groups excluding carboxylic acids is 1. The molecule has 0 aliphatic carbocycles. The zero-order chi connectivity index (χ0) is 24.0. The summed E-state index contributed by atoms with van der Waals surface area (Å²) in [4.78, 5) is 19.1. The Balaban J connectivity index is 1.07. The molecule has 1 aromatic heterocycles. The number of amides is 1. The number of hydrogen-bond donors (Lipinski definition) is 1. The molecule has 1 aliphatic rings. The number of benzene rings is 3. The number of rotatable bonds is 8. The van der Waals surface area contributed by atoms with Gasteiger partial charge in [-0.15, -0.1) is 0 Å². The number of carbonyl (C=O) groups is 1. The summed E-state index contributed by atoms with van der Waals surface area (Å²) in [7, 11) is 0. The minimum Gasteiger partial charge on any atom is -0.484 e. The van der Waals surface area contributed by atoms with Crippen molar-refractivity contribution in [1.29, 1.82) is 0 Å². The van der Waals surface area contributed by atoms with Gasteiger partial charge in [0.25, 0.3) is 11.8 Å². The number of ether oxygens (including phenoxy) is 1. The van der Waals surface area contributed by atoms with E-state index < -0.39 is 0 Å². The molecule has 1 aliphatic heterocycles. The van der Waals surface area contributed by atoms with Crippen molar-refractivity contribution in [3.8, 4) is 28.6 Å². The zero-order valence-corrected chi connectivity index (χ0v) is 19.7. The van der Waals surface area contributed by atoms with Crippen LogP contribution in [0.25, 0.3) is 22.8 Å². The first-order chi connectivity index (χ1) is 17.1. The molecule has 3 aromatic carbocycles. The van der Waals surface area contributed by atoms with Gasteiger partial charge in [-0.2, -0.15) is 4.98 Å². The topological polar surface area (TPSA) is 80.5 Å². The van der Waals surface area contributed by atoms with Crippen LogP contribution in [-0.4, -0.2) is 47.2 Å². The van der Waals surface area contributed by atoms with Gasteiger partial charge in [-0.1, -0.05) is 59.3 Å². The number of nitrogens with one attached hydrogen (secondary N) is 1. The molecule has 7 heteroatoms. The molecule has 4 aromatic rings. The van der Waals surface area contributed by atoms with E-state index in [1.165, 1.54) is 16.7 Å². The SMILES string of the molecule is Cc1ccc(-c2noc(-c3ccc(OCC(=O)NCCN4CCc5ccccc5C4)cc3)n2)cc1. The van der Waals surface area contributed by atoms with Crippen LogP contribution >= 0.6 is 0 Å². The fraction of sp³-hybridized carbons (Fsp3) is 0.250. The normalized spacial score (nSPS) is 13.3. The van der Waals surface area contributed by atoms with Gasteiger partial charge >= 0.3 is 0 Å². The molecular formula is C28H28N4O3. The third-order valence-electron chi connectivity index (χ3n) is 6.17. The molecule has 0 bridgehead atoms. The average Bonchev–Trinajstić information content (AvgIpc) is 3.38. The van der Waals surface area contributed by atoms with Gasteiger partial charge < -0.3 is 14.6 Å². The third-order valence-corrected chi connectivity index (χ3v) is 6.17. The van der Waals surface area contributed by atoms with Gasteiger partial charge in [0.05, 0.1) is 0 Å². The molecular weight excluding hydrogens is 440 g/mol. The first-order valence-electron chi connectivity index (χ1n) is 11.8. The summed E-state index contributed by atoms with van der Waals surface area (Å²) in [6, 6.07) is 23.8. The van der Waals surface area contributed by atoms with Gasteiger partial charge in [-0.25, -0.2) is 0 Å². The second kappa shape index (κ2) is 10.5. The van der Waals surface area contributed by atoms with Crippen molar-refractivity contribution in [2.75, 3.05) is 26.2 Å². The van der Waals surface area contributed by atoms with Crippen LogP contribution in [0.4, 0.5) is 0 Å². The highest BCUT2D eigenvalue weighted by Gasteiger charge is 2.15. The first-order valence-corrected chi connectivity index (χ1v) is 11.8. The number of nitrogens with zero attached hydrogens (tertiary/aromatic N) is 3. The smallest absolute Gasteiger partial charge is 0.258 e. The molecule has 7 nitrogen and oxygen atoms in total. The van der Waals surface area contributed by atoms with Crippen LogP contribution in [-0.2, 0) is 17.8 Å². The van der Waals surface area contributed by atoms with Crippen LogP contribution in [0.2, 0.25) is 0 Å². The summed E-state index contributed by atoms with van der Waals surface area (Å²) in [6.07, 6.45) is 1.06. The number of aryl methyl sites for hydroxylation is 1. The highest BCUT2D eigenvalue weighted by Crippen LogP contribution is 2.24. The van der Waals surface area contributed by atoms with Gasteiger partial charge in [-0.3, -0.25) is 9.69 Å². The fourth-order valence-electron chi connectivity index (χ4n) is 4.15. The van der Waals surface area contributed by atoms with E-state index in [9.17, 15) is 4.79 Å². The lowest BCUT2D eigenvalue weighted by molar-refractivity contribution is -0.123. The van der Waals surface area contributed by atoms with Crippen LogP contribution < -0.4 is 10.1 Å². The van der Waals surface area contributed by atoms with Crippen LogP contribution in [0.15, 0.2) is 77.3 Å². The van der Waals surface area contributed by atoms with E-state index in [-0.39, 0.29) is 12.5 Å². The Morgan fingerprint density at radius 1 is 1.00 bits per heavy atom. The number of hydrogen-bond acceptors (Lipinski definition) is 6. The van der Waals surface area contributed by atoms with Crippen LogP contribution in [0.3, 0.4) is 0 Å². The average molecular weight is 469 g/mol. The Bertz CT molecular complexity index is 1280. The van der Waals surface area contributed by atoms with E-state index in [1.807, 2.05) is 43.3 Å². The van der Waals surface area contributed by atoms with Gasteiger partial charge in [-0.05, 0) is 48.7 Å². The van der Waals surface area contributed by atoms with Crippen LogP contribution in [0.1, 0.15) is 16.7 Å². The Labute approximate surface area is 204 Å². The van der Waals surface area contributed by atoms with Crippen LogP contribution in [0, 0.1) is 6.92 Å². The van der Waals surface area contributed by atoms with Crippen molar-refractivity contribution in [3.63, 3.8) is 0 Å². The first kappa shape index (κ1) is 22.8. The molecule has 0 spiro atoms. The molecule has 0 saturated heterocycles. The predicted molar refractivity (Wildman–Crippen MR) is 134 cm³/mol. The van der Waals surface area contributed by atoms with Gasteiger partial charge in [0, 0.05) is 37.3 Å². The maximum Gasteiger partial charge on any atom is 0.258 e. The van der Waals surface area contributed by atoms with Gasteiger partial charge in [0.1, 0.15) is 5.75 Å². The lowest BCUT2D eigenvalue weighted by Crippen LogP contribution is -2.39. The number of aromatic nitrogens is 2.